The lowest BCUT2D eigenvalue weighted by Gasteiger charge is -2.04. The number of hydrogen-bond acceptors (Lipinski definition) is 8. The summed E-state index contributed by atoms with van der Waals surface area (Å²) in [7, 11) is 0. The Hall–Kier alpha value is -2.53. The average Bonchev–Trinajstić information content (AvgIpc) is 3.46. The molecule has 150 valence electrons. The molecule has 0 aliphatic rings. The molecule has 0 spiro atoms. The third-order valence-corrected chi connectivity index (χ3v) is 7.44. The highest BCUT2D eigenvalue weighted by molar-refractivity contribution is 7.98. The lowest BCUT2D eigenvalue weighted by molar-refractivity contribution is 0.756. The Morgan fingerprint density at radius 2 is 2.03 bits per heavy atom. The van der Waals surface area contributed by atoms with Gasteiger partial charge in [-0.15, -0.1) is 27.8 Å². The van der Waals surface area contributed by atoms with Gasteiger partial charge in [0.15, 0.2) is 0 Å². The molecule has 0 fully saturated rings. The predicted molar refractivity (Wildman–Crippen MR) is 122 cm³/mol. The first-order valence-corrected chi connectivity index (χ1v) is 11.9. The number of aromatic amines is 1. The molecule has 0 aliphatic carbocycles. The number of fused-ring (bicyclic) bond motifs is 1. The van der Waals surface area contributed by atoms with Crippen molar-refractivity contribution >= 4 is 56.3 Å². The molecule has 5 aromatic rings. The molecule has 0 bridgehead atoms. The Morgan fingerprint density at radius 3 is 2.80 bits per heavy atom. The van der Waals surface area contributed by atoms with Crippen molar-refractivity contribution in [3.8, 4) is 16.1 Å². The van der Waals surface area contributed by atoms with E-state index in [1.165, 1.54) is 28.0 Å². The van der Waals surface area contributed by atoms with E-state index in [2.05, 4.69) is 38.5 Å². The Kier molecular flexibility index (Phi) is 5.15. The second-order valence-corrected chi connectivity index (χ2v) is 9.92. The van der Waals surface area contributed by atoms with Crippen molar-refractivity contribution in [2.24, 2.45) is 0 Å². The van der Waals surface area contributed by atoms with Crippen LogP contribution >= 0.6 is 46.0 Å². The van der Waals surface area contributed by atoms with Crippen molar-refractivity contribution < 1.29 is 0 Å². The minimum absolute atomic E-state index is 0.129. The molecule has 0 unspecified atom stereocenters. The van der Waals surface area contributed by atoms with E-state index in [0.717, 1.165) is 21.0 Å². The Morgan fingerprint density at radius 1 is 1.20 bits per heavy atom. The van der Waals surface area contributed by atoms with Gasteiger partial charge in [-0.2, -0.15) is 4.68 Å². The summed E-state index contributed by atoms with van der Waals surface area (Å²) < 4.78 is 1.63. The van der Waals surface area contributed by atoms with Gasteiger partial charge in [-0.05, 0) is 53.7 Å². The molecule has 1 N–H and O–H groups in total. The molecule has 0 amide bonds. The summed E-state index contributed by atoms with van der Waals surface area (Å²) in [5.74, 6) is 1.02. The number of hydrogen-bond donors (Lipinski definition) is 1. The molecular weight excluding hydrogens is 460 g/mol. The van der Waals surface area contributed by atoms with Crippen LogP contribution in [0.4, 0.5) is 0 Å². The third kappa shape index (κ3) is 3.67. The van der Waals surface area contributed by atoms with Crippen LogP contribution in [0.25, 0.3) is 26.3 Å². The van der Waals surface area contributed by atoms with Crippen molar-refractivity contribution in [2.45, 2.75) is 17.8 Å². The van der Waals surface area contributed by atoms with E-state index in [9.17, 15) is 4.79 Å². The lowest BCUT2D eigenvalue weighted by Crippen LogP contribution is -2.10. The second-order valence-electron chi connectivity index (χ2n) is 6.39. The Balaban J connectivity index is 1.42. The summed E-state index contributed by atoms with van der Waals surface area (Å²) in [5, 5.41) is 15.8. The molecule has 5 rings (SSSR count). The number of thioether (sulfide) groups is 1. The van der Waals surface area contributed by atoms with Gasteiger partial charge in [0.2, 0.25) is 5.16 Å². The number of tetrazole rings is 1. The molecule has 4 heterocycles. The molecule has 7 nitrogen and oxygen atoms in total. The zero-order valence-electron chi connectivity index (χ0n) is 15.5. The maximum atomic E-state index is 12.8. The summed E-state index contributed by atoms with van der Waals surface area (Å²) in [4.78, 5) is 23.4. The van der Waals surface area contributed by atoms with Crippen molar-refractivity contribution in [3.63, 3.8) is 0 Å². The van der Waals surface area contributed by atoms with E-state index in [4.69, 9.17) is 11.6 Å². The van der Waals surface area contributed by atoms with Crippen molar-refractivity contribution in [1.29, 1.82) is 0 Å². The molecule has 30 heavy (non-hydrogen) atoms. The van der Waals surface area contributed by atoms with Gasteiger partial charge >= 0.3 is 0 Å². The number of nitrogens with zero attached hydrogens (tertiary/aromatic N) is 5. The number of benzene rings is 1. The molecule has 1 aromatic carbocycles. The third-order valence-electron chi connectivity index (χ3n) is 4.35. The van der Waals surface area contributed by atoms with Gasteiger partial charge in [0.25, 0.3) is 5.56 Å². The van der Waals surface area contributed by atoms with Gasteiger partial charge in [0, 0.05) is 25.7 Å². The van der Waals surface area contributed by atoms with Crippen LogP contribution in [0, 0.1) is 6.92 Å². The molecular formula is C19H13ClN6OS3. The fraction of sp³-hybridized carbons (Fsp3) is 0.105. The standard InChI is InChI=1S/C19H13ClN6OS3/c1-10-2-7-14(30-10)13-8-28-18-16(13)17(27)21-15(22-18)9-29-19-23-24-25-26(19)12-5-3-11(20)4-6-12/h2-8H,9H2,1H3,(H,21,22,27). The van der Waals surface area contributed by atoms with Crippen LogP contribution in [0.1, 0.15) is 10.7 Å². The summed E-state index contributed by atoms with van der Waals surface area (Å²) in [6, 6.07) is 11.3. The highest BCUT2D eigenvalue weighted by Gasteiger charge is 2.15. The molecule has 0 aliphatic heterocycles. The quantitative estimate of drug-likeness (QED) is 0.364. The number of aryl methyl sites for hydroxylation is 1. The topological polar surface area (TPSA) is 89.3 Å². The maximum Gasteiger partial charge on any atom is 0.260 e. The average molecular weight is 473 g/mol. The lowest BCUT2D eigenvalue weighted by atomic mass is 10.2. The van der Waals surface area contributed by atoms with Gasteiger partial charge in [0.1, 0.15) is 10.7 Å². The predicted octanol–water partition coefficient (Wildman–Crippen LogP) is 4.94. The van der Waals surface area contributed by atoms with Crippen molar-refractivity contribution in [2.75, 3.05) is 0 Å². The second kappa shape index (κ2) is 7.95. The van der Waals surface area contributed by atoms with E-state index >= 15 is 0 Å². The van der Waals surface area contributed by atoms with Crippen molar-refractivity contribution in [1.82, 2.24) is 30.2 Å². The fourth-order valence-electron chi connectivity index (χ4n) is 2.97. The largest absolute Gasteiger partial charge is 0.309 e. The Bertz CT molecular complexity index is 1400. The van der Waals surface area contributed by atoms with Crippen LogP contribution in [-0.4, -0.2) is 30.2 Å². The molecule has 0 atom stereocenters. The SMILES string of the molecule is Cc1ccc(-c2csc3nc(CSc4nnnn4-c4ccc(Cl)cc4)[nH]c(=O)c23)s1. The number of nitrogens with one attached hydrogen (secondary N) is 1. The first-order chi connectivity index (χ1) is 14.6. The summed E-state index contributed by atoms with van der Waals surface area (Å²) in [6.07, 6.45) is 0. The molecule has 11 heteroatoms. The number of H-pyrrole nitrogens is 1. The molecule has 4 aromatic heterocycles. The van der Waals surface area contributed by atoms with E-state index in [1.807, 2.05) is 23.6 Å². The minimum atomic E-state index is -0.129. The monoisotopic (exact) mass is 472 g/mol. The number of rotatable bonds is 5. The van der Waals surface area contributed by atoms with E-state index < -0.39 is 0 Å². The van der Waals surface area contributed by atoms with E-state index in [0.29, 0.717) is 27.1 Å². The normalized spacial score (nSPS) is 11.4. The summed E-state index contributed by atoms with van der Waals surface area (Å²) in [5.41, 5.74) is 1.61. The van der Waals surface area contributed by atoms with Crippen LogP contribution in [-0.2, 0) is 5.75 Å². The van der Waals surface area contributed by atoms with E-state index in [1.54, 1.807) is 28.2 Å². The smallest absolute Gasteiger partial charge is 0.260 e. The Labute approximate surface area is 187 Å². The fourth-order valence-corrected chi connectivity index (χ4v) is 5.78. The summed E-state index contributed by atoms with van der Waals surface area (Å²) in [6.45, 7) is 2.05. The summed E-state index contributed by atoms with van der Waals surface area (Å²) >= 11 is 10.5. The van der Waals surface area contributed by atoms with Gasteiger partial charge in [-0.3, -0.25) is 4.79 Å². The highest BCUT2D eigenvalue weighted by Crippen LogP contribution is 2.35. The molecule has 0 saturated heterocycles. The van der Waals surface area contributed by atoms with Crippen molar-refractivity contribution in [3.05, 3.63) is 67.9 Å². The zero-order valence-corrected chi connectivity index (χ0v) is 18.7. The van der Waals surface area contributed by atoms with Crippen LogP contribution < -0.4 is 5.56 Å². The molecule has 0 saturated carbocycles. The van der Waals surface area contributed by atoms with Gasteiger partial charge < -0.3 is 4.98 Å². The maximum absolute atomic E-state index is 12.8. The molecule has 0 radical (unpaired) electrons. The van der Waals surface area contributed by atoms with Crippen LogP contribution in [0.3, 0.4) is 0 Å². The highest BCUT2D eigenvalue weighted by atomic mass is 35.5. The van der Waals surface area contributed by atoms with Crippen LogP contribution in [0.5, 0.6) is 0 Å². The van der Waals surface area contributed by atoms with Gasteiger partial charge in [-0.1, -0.05) is 23.4 Å². The van der Waals surface area contributed by atoms with Crippen LogP contribution in [0.2, 0.25) is 5.02 Å². The van der Waals surface area contributed by atoms with E-state index in [-0.39, 0.29) is 5.56 Å². The zero-order chi connectivity index (χ0) is 20.7. The number of halogens is 1. The van der Waals surface area contributed by atoms with Gasteiger partial charge in [0.05, 0.1) is 16.8 Å². The number of aromatic nitrogens is 6. The first-order valence-electron chi connectivity index (χ1n) is 8.83. The van der Waals surface area contributed by atoms with Crippen LogP contribution in [0.15, 0.2) is 51.7 Å². The van der Waals surface area contributed by atoms with Gasteiger partial charge in [-0.25, -0.2) is 4.98 Å². The minimum Gasteiger partial charge on any atom is -0.309 e. The number of thiophene rings is 2. The first kappa shape index (κ1) is 19.4.